The standard InChI is InChI=1S/C12H18N4S/c1-3-13-10(2)7-9-17-12-15-14-11-6-4-5-8-16(11)12/h4-6,8,10,13H,3,7,9H2,1-2H3. The Bertz CT molecular complexity index is 468. The van der Waals surface area contributed by atoms with Gasteiger partial charge in [0.15, 0.2) is 10.8 Å². The van der Waals surface area contributed by atoms with Gasteiger partial charge in [0.05, 0.1) is 0 Å². The zero-order chi connectivity index (χ0) is 12.1. The smallest absolute Gasteiger partial charge is 0.195 e. The van der Waals surface area contributed by atoms with Crippen LogP contribution in [-0.2, 0) is 0 Å². The van der Waals surface area contributed by atoms with Crippen molar-refractivity contribution in [2.24, 2.45) is 0 Å². The third kappa shape index (κ3) is 3.20. The first-order chi connectivity index (χ1) is 8.31. The summed E-state index contributed by atoms with van der Waals surface area (Å²) in [5, 5.41) is 12.7. The van der Waals surface area contributed by atoms with Crippen LogP contribution < -0.4 is 5.32 Å². The van der Waals surface area contributed by atoms with Gasteiger partial charge in [-0.3, -0.25) is 4.40 Å². The highest BCUT2D eigenvalue weighted by molar-refractivity contribution is 7.99. The van der Waals surface area contributed by atoms with Crippen LogP contribution in [0.1, 0.15) is 20.3 Å². The van der Waals surface area contributed by atoms with Crippen molar-refractivity contribution in [1.82, 2.24) is 19.9 Å². The molecule has 1 atom stereocenters. The Labute approximate surface area is 106 Å². The highest BCUT2D eigenvalue weighted by Crippen LogP contribution is 2.17. The highest BCUT2D eigenvalue weighted by atomic mass is 32.2. The number of nitrogens with one attached hydrogen (secondary N) is 1. The summed E-state index contributed by atoms with van der Waals surface area (Å²) in [4.78, 5) is 0. The number of hydrogen-bond donors (Lipinski definition) is 1. The molecule has 0 aliphatic rings. The van der Waals surface area contributed by atoms with E-state index in [1.54, 1.807) is 11.8 Å². The van der Waals surface area contributed by atoms with Gasteiger partial charge in [0.1, 0.15) is 0 Å². The van der Waals surface area contributed by atoms with E-state index in [-0.39, 0.29) is 0 Å². The van der Waals surface area contributed by atoms with Gasteiger partial charge in [-0.1, -0.05) is 24.8 Å². The van der Waals surface area contributed by atoms with E-state index in [9.17, 15) is 0 Å². The van der Waals surface area contributed by atoms with E-state index in [0.29, 0.717) is 6.04 Å². The Balaban J connectivity index is 1.91. The average Bonchev–Trinajstić information content (AvgIpc) is 2.73. The fraction of sp³-hybridized carbons (Fsp3) is 0.500. The van der Waals surface area contributed by atoms with Gasteiger partial charge in [0, 0.05) is 18.0 Å². The predicted octanol–water partition coefficient (Wildman–Crippen LogP) is 2.21. The van der Waals surface area contributed by atoms with Crippen molar-refractivity contribution in [3.8, 4) is 0 Å². The van der Waals surface area contributed by atoms with Gasteiger partial charge in [-0.25, -0.2) is 0 Å². The number of pyridine rings is 1. The summed E-state index contributed by atoms with van der Waals surface area (Å²) in [5.41, 5.74) is 0.912. The zero-order valence-electron chi connectivity index (χ0n) is 10.3. The van der Waals surface area contributed by atoms with E-state index < -0.39 is 0 Å². The molecule has 0 radical (unpaired) electrons. The third-order valence-electron chi connectivity index (χ3n) is 2.62. The average molecular weight is 250 g/mol. The van der Waals surface area contributed by atoms with Crippen LogP contribution in [0.2, 0.25) is 0 Å². The lowest BCUT2D eigenvalue weighted by Gasteiger charge is -2.10. The summed E-state index contributed by atoms with van der Waals surface area (Å²) in [6.45, 7) is 5.38. The predicted molar refractivity (Wildman–Crippen MR) is 71.5 cm³/mol. The first-order valence-electron chi connectivity index (χ1n) is 5.97. The van der Waals surface area contributed by atoms with Gasteiger partial charge in [0.25, 0.3) is 0 Å². The Hall–Kier alpha value is -1.07. The van der Waals surface area contributed by atoms with Gasteiger partial charge in [-0.15, -0.1) is 10.2 Å². The molecule has 2 rings (SSSR count). The molecule has 0 spiro atoms. The number of nitrogens with zero attached hydrogens (tertiary/aromatic N) is 3. The lowest BCUT2D eigenvalue weighted by Crippen LogP contribution is -2.25. The van der Waals surface area contributed by atoms with Crippen LogP contribution >= 0.6 is 11.8 Å². The van der Waals surface area contributed by atoms with Crippen LogP contribution in [0.25, 0.3) is 5.65 Å². The maximum atomic E-state index is 4.19. The summed E-state index contributed by atoms with van der Waals surface area (Å²) in [6.07, 6.45) is 3.14. The minimum absolute atomic E-state index is 0.562. The van der Waals surface area contributed by atoms with Crippen LogP contribution in [0.5, 0.6) is 0 Å². The van der Waals surface area contributed by atoms with Crippen molar-refractivity contribution in [3.05, 3.63) is 24.4 Å². The molecule has 0 amide bonds. The topological polar surface area (TPSA) is 42.2 Å². The molecule has 4 nitrogen and oxygen atoms in total. The van der Waals surface area contributed by atoms with E-state index >= 15 is 0 Å². The quantitative estimate of drug-likeness (QED) is 0.798. The fourth-order valence-corrected chi connectivity index (χ4v) is 2.74. The van der Waals surface area contributed by atoms with Crippen molar-refractivity contribution in [1.29, 1.82) is 0 Å². The fourth-order valence-electron chi connectivity index (χ4n) is 1.70. The monoisotopic (exact) mass is 250 g/mol. The molecule has 2 aromatic rings. The van der Waals surface area contributed by atoms with Crippen molar-refractivity contribution in [3.63, 3.8) is 0 Å². The SMILES string of the molecule is CCNC(C)CCSc1nnc2ccccn12. The molecule has 17 heavy (non-hydrogen) atoms. The second kappa shape index (κ2) is 6.02. The number of aromatic nitrogens is 3. The van der Waals surface area contributed by atoms with E-state index in [0.717, 1.165) is 29.5 Å². The molecule has 0 aromatic carbocycles. The number of fused-ring (bicyclic) bond motifs is 1. The summed E-state index contributed by atoms with van der Waals surface area (Å²) in [6, 6.07) is 6.51. The highest BCUT2D eigenvalue weighted by Gasteiger charge is 2.06. The molecule has 92 valence electrons. The van der Waals surface area contributed by atoms with Crippen LogP contribution in [0.4, 0.5) is 0 Å². The second-order valence-electron chi connectivity index (χ2n) is 4.01. The molecule has 0 aliphatic heterocycles. The zero-order valence-corrected chi connectivity index (χ0v) is 11.1. The Morgan fingerprint density at radius 1 is 1.41 bits per heavy atom. The Morgan fingerprint density at radius 3 is 3.12 bits per heavy atom. The van der Waals surface area contributed by atoms with Crippen molar-refractivity contribution in [2.45, 2.75) is 31.5 Å². The van der Waals surface area contributed by atoms with Crippen LogP contribution in [0.15, 0.2) is 29.6 Å². The molecular weight excluding hydrogens is 232 g/mol. The summed E-state index contributed by atoms with van der Waals surface area (Å²) < 4.78 is 2.03. The molecule has 2 heterocycles. The first kappa shape index (κ1) is 12.4. The molecule has 1 unspecified atom stereocenters. The van der Waals surface area contributed by atoms with Crippen molar-refractivity contribution < 1.29 is 0 Å². The molecule has 2 aromatic heterocycles. The van der Waals surface area contributed by atoms with Gasteiger partial charge >= 0.3 is 0 Å². The number of thioether (sulfide) groups is 1. The molecule has 0 saturated carbocycles. The number of rotatable bonds is 6. The lowest BCUT2D eigenvalue weighted by atomic mass is 10.3. The summed E-state index contributed by atoms with van der Waals surface area (Å²) in [7, 11) is 0. The van der Waals surface area contributed by atoms with E-state index in [4.69, 9.17) is 0 Å². The van der Waals surface area contributed by atoms with Crippen molar-refractivity contribution in [2.75, 3.05) is 12.3 Å². The van der Waals surface area contributed by atoms with E-state index in [1.807, 2.05) is 28.8 Å². The normalized spacial score (nSPS) is 13.1. The molecule has 0 bridgehead atoms. The number of hydrogen-bond acceptors (Lipinski definition) is 4. The Kier molecular flexibility index (Phi) is 4.39. The Morgan fingerprint density at radius 2 is 2.29 bits per heavy atom. The molecule has 1 N–H and O–H groups in total. The molecule has 5 heteroatoms. The van der Waals surface area contributed by atoms with Gasteiger partial charge in [-0.05, 0) is 32.0 Å². The molecular formula is C12H18N4S. The van der Waals surface area contributed by atoms with E-state index in [2.05, 4.69) is 29.4 Å². The third-order valence-corrected chi connectivity index (χ3v) is 3.59. The second-order valence-corrected chi connectivity index (χ2v) is 5.07. The maximum absolute atomic E-state index is 4.19. The summed E-state index contributed by atoms with van der Waals surface area (Å²) >= 11 is 1.76. The van der Waals surface area contributed by atoms with Gasteiger partial charge < -0.3 is 5.32 Å². The lowest BCUT2D eigenvalue weighted by molar-refractivity contribution is 0.556. The minimum Gasteiger partial charge on any atom is -0.315 e. The van der Waals surface area contributed by atoms with Crippen LogP contribution in [0, 0.1) is 0 Å². The molecule has 0 aliphatic carbocycles. The minimum atomic E-state index is 0.562. The maximum Gasteiger partial charge on any atom is 0.195 e. The van der Waals surface area contributed by atoms with Gasteiger partial charge in [0.2, 0.25) is 0 Å². The van der Waals surface area contributed by atoms with Crippen LogP contribution in [-0.4, -0.2) is 32.9 Å². The molecule has 0 fully saturated rings. The summed E-state index contributed by atoms with van der Waals surface area (Å²) in [5.74, 6) is 1.06. The van der Waals surface area contributed by atoms with Crippen LogP contribution in [0.3, 0.4) is 0 Å². The van der Waals surface area contributed by atoms with Crippen molar-refractivity contribution >= 4 is 17.4 Å². The first-order valence-corrected chi connectivity index (χ1v) is 6.95. The largest absolute Gasteiger partial charge is 0.315 e. The molecule has 0 saturated heterocycles. The van der Waals surface area contributed by atoms with E-state index in [1.165, 1.54) is 0 Å². The van der Waals surface area contributed by atoms with Gasteiger partial charge in [-0.2, -0.15) is 0 Å².